The zero-order chi connectivity index (χ0) is 27.6. The number of fused-ring (bicyclic) bond motifs is 5. The third-order valence-electron chi connectivity index (χ3n) is 8.37. The van der Waals surface area contributed by atoms with Crippen LogP contribution in [0.25, 0.3) is 0 Å². The Bertz CT molecular complexity index is 1730. The van der Waals surface area contributed by atoms with Crippen LogP contribution in [-0.4, -0.2) is 39.5 Å². The number of rotatable bonds is 4. The molecule has 1 fully saturated rings. The molecule has 0 amide bonds. The monoisotopic (exact) mass is 527 g/mol. The van der Waals surface area contributed by atoms with E-state index in [0.29, 0.717) is 22.3 Å². The number of non-ortho nitro benzene ring substituents is 1. The molecule has 0 bridgehead atoms. The number of carbonyl (C=O) groups excluding carboxylic acids is 3. The van der Waals surface area contributed by atoms with Gasteiger partial charge in [0.25, 0.3) is 5.69 Å². The quantitative estimate of drug-likeness (QED) is 0.152. The highest BCUT2D eigenvalue weighted by atomic mass is 16.6. The minimum atomic E-state index is -1.72. The largest absolute Gasteiger partial charge is 0.293 e. The molecule has 40 heavy (non-hydrogen) atoms. The van der Waals surface area contributed by atoms with Gasteiger partial charge in [0, 0.05) is 34.7 Å². The third kappa shape index (κ3) is 3.07. The van der Waals surface area contributed by atoms with Crippen molar-refractivity contribution in [2.45, 2.75) is 18.0 Å². The highest BCUT2D eigenvalue weighted by molar-refractivity contribution is 6.31. The first-order chi connectivity index (χ1) is 19.4. The van der Waals surface area contributed by atoms with Gasteiger partial charge in [0.05, 0.1) is 17.2 Å². The van der Waals surface area contributed by atoms with Crippen LogP contribution in [0.4, 0.5) is 5.69 Å². The summed E-state index contributed by atoms with van der Waals surface area (Å²) < 4.78 is 0. The molecule has 1 saturated heterocycles. The van der Waals surface area contributed by atoms with Crippen LogP contribution in [0.15, 0.2) is 108 Å². The third-order valence-corrected chi connectivity index (χ3v) is 8.37. The van der Waals surface area contributed by atoms with E-state index in [0.717, 1.165) is 11.1 Å². The standard InChI is InChI=1S/C32H21N3O5/c36-28(20-8-2-1-3-9-20)27-26(19-14-16-22(17-15-19)35(39)40)32(30(37)24-12-6-7-13-25(24)31(32)38)29-23-11-5-4-10-21(23)18-33-34(27)29/h1-18,26-27,29H/t26-,27+,29?/m0/s1. The molecule has 0 radical (unpaired) electrons. The second kappa shape index (κ2) is 8.64. The summed E-state index contributed by atoms with van der Waals surface area (Å²) in [4.78, 5) is 54.6. The molecule has 2 aliphatic heterocycles. The summed E-state index contributed by atoms with van der Waals surface area (Å²) >= 11 is 0. The van der Waals surface area contributed by atoms with Crippen LogP contribution in [0.3, 0.4) is 0 Å². The first-order valence-corrected chi connectivity index (χ1v) is 12.9. The molecule has 1 unspecified atom stereocenters. The van der Waals surface area contributed by atoms with Crippen molar-refractivity contribution in [2.75, 3.05) is 0 Å². The lowest BCUT2D eigenvalue weighted by atomic mass is 9.63. The summed E-state index contributed by atoms with van der Waals surface area (Å²) in [6.07, 6.45) is 1.65. The minimum absolute atomic E-state index is 0.129. The Hall–Kier alpha value is -5.24. The SMILES string of the molecule is O=C(c1ccccc1)[C@H]1[C@H](c2ccc([N+](=O)[O-])cc2)C2(C(=O)c3ccccc3C2=O)C2c3ccccc3C=NN21. The first-order valence-electron chi connectivity index (χ1n) is 12.9. The van der Waals surface area contributed by atoms with E-state index in [9.17, 15) is 24.5 Å². The number of benzene rings is 4. The fourth-order valence-electron chi connectivity index (χ4n) is 6.73. The second-order valence-electron chi connectivity index (χ2n) is 10.2. The van der Waals surface area contributed by atoms with E-state index >= 15 is 0 Å². The van der Waals surface area contributed by atoms with E-state index in [-0.39, 0.29) is 23.0 Å². The number of nitro benzene ring substituents is 1. The maximum Gasteiger partial charge on any atom is 0.269 e. The summed E-state index contributed by atoms with van der Waals surface area (Å²) in [7, 11) is 0. The van der Waals surface area contributed by atoms with Gasteiger partial charge in [-0.2, -0.15) is 5.10 Å². The highest BCUT2D eigenvalue weighted by Crippen LogP contribution is 2.64. The fraction of sp³-hybridized carbons (Fsp3) is 0.125. The van der Waals surface area contributed by atoms with Crippen LogP contribution in [0.2, 0.25) is 0 Å². The van der Waals surface area contributed by atoms with E-state index < -0.39 is 28.3 Å². The van der Waals surface area contributed by atoms with Crippen molar-refractivity contribution in [3.63, 3.8) is 0 Å². The van der Waals surface area contributed by atoms with Gasteiger partial charge in [-0.1, -0.05) is 91.0 Å². The van der Waals surface area contributed by atoms with Crippen LogP contribution in [0.5, 0.6) is 0 Å². The molecule has 8 heteroatoms. The Morgan fingerprint density at radius 1 is 0.800 bits per heavy atom. The van der Waals surface area contributed by atoms with Gasteiger partial charge in [0.1, 0.15) is 11.5 Å². The average Bonchev–Trinajstić information content (AvgIpc) is 3.43. The lowest BCUT2D eigenvalue weighted by Gasteiger charge is -2.36. The number of hydrogen-bond acceptors (Lipinski definition) is 7. The molecular weight excluding hydrogens is 506 g/mol. The molecule has 0 saturated carbocycles. The summed E-state index contributed by atoms with van der Waals surface area (Å²) in [5.41, 5.74) is 1.14. The van der Waals surface area contributed by atoms with Crippen LogP contribution >= 0.6 is 0 Å². The second-order valence-corrected chi connectivity index (χ2v) is 10.2. The zero-order valence-electron chi connectivity index (χ0n) is 21.0. The maximum absolute atomic E-state index is 14.6. The Labute approximate surface area is 228 Å². The van der Waals surface area contributed by atoms with Crippen molar-refractivity contribution in [3.8, 4) is 0 Å². The zero-order valence-corrected chi connectivity index (χ0v) is 21.0. The average molecular weight is 528 g/mol. The lowest BCUT2D eigenvalue weighted by Crippen LogP contribution is -2.43. The van der Waals surface area contributed by atoms with Crippen LogP contribution in [-0.2, 0) is 0 Å². The number of hydrogen-bond donors (Lipinski definition) is 0. The molecule has 2 heterocycles. The van der Waals surface area contributed by atoms with Gasteiger partial charge in [0.2, 0.25) is 0 Å². The summed E-state index contributed by atoms with van der Waals surface area (Å²) in [6, 6.07) is 26.8. The Morgan fingerprint density at radius 3 is 2.05 bits per heavy atom. The molecule has 3 aliphatic rings. The molecule has 4 aromatic carbocycles. The van der Waals surface area contributed by atoms with Crippen LogP contribution in [0, 0.1) is 15.5 Å². The number of hydrazone groups is 1. The number of Topliss-reactive ketones (excluding diaryl/α,β-unsaturated/α-hetero) is 3. The molecular formula is C32H21N3O5. The number of ketones is 3. The van der Waals surface area contributed by atoms with E-state index in [4.69, 9.17) is 5.10 Å². The highest BCUT2D eigenvalue weighted by Gasteiger charge is 2.72. The van der Waals surface area contributed by atoms with Crippen LogP contribution in [0.1, 0.15) is 59.7 Å². The molecule has 7 rings (SSSR count). The molecule has 3 atom stereocenters. The summed E-state index contributed by atoms with van der Waals surface area (Å²) in [5.74, 6) is -2.01. The molecule has 4 aromatic rings. The first kappa shape index (κ1) is 23.8. The van der Waals surface area contributed by atoms with Gasteiger partial charge in [-0.15, -0.1) is 0 Å². The summed E-state index contributed by atoms with van der Waals surface area (Å²) in [5, 5.41) is 17.8. The smallest absolute Gasteiger partial charge is 0.269 e. The van der Waals surface area contributed by atoms with Crippen LogP contribution < -0.4 is 0 Å². The molecule has 8 nitrogen and oxygen atoms in total. The van der Waals surface area contributed by atoms with E-state index in [1.165, 1.54) is 12.1 Å². The maximum atomic E-state index is 14.6. The fourth-order valence-corrected chi connectivity index (χ4v) is 6.73. The molecule has 1 aliphatic carbocycles. The molecule has 194 valence electrons. The topological polar surface area (TPSA) is 110 Å². The lowest BCUT2D eigenvalue weighted by molar-refractivity contribution is -0.384. The number of carbonyl (C=O) groups is 3. The van der Waals surface area contributed by atoms with Gasteiger partial charge in [-0.05, 0) is 16.7 Å². The van der Waals surface area contributed by atoms with Gasteiger partial charge in [-0.3, -0.25) is 29.5 Å². The van der Waals surface area contributed by atoms with Crippen molar-refractivity contribution in [2.24, 2.45) is 10.5 Å². The Morgan fingerprint density at radius 2 is 1.40 bits per heavy atom. The molecule has 1 spiro atoms. The van der Waals surface area contributed by atoms with E-state index in [1.54, 1.807) is 78.0 Å². The van der Waals surface area contributed by atoms with Crippen molar-refractivity contribution < 1.29 is 19.3 Å². The molecule has 0 aromatic heterocycles. The number of nitro groups is 1. The van der Waals surface area contributed by atoms with Crippen molar-refractivity contribution in [3.05, 3.63) is 147 Å². The van der Waals surface area contributed by atoms with Gasteiger partial charge >= 0.3 is 0 Å². The molecule has 0 N–H and O–H groups in total. The number of nitrogens with zero attached hydrogens (tertiary/aromatic N) is 3. The van der Waals surface area contributed by atoms with Crippen molar-refractivity contribution in [1.29, 1.82) is 0 Å². The van der Waals surface area contributed by atoms with E-state index in [2.05, 4.69) is 0 Å². The van der Waals surface area contributed by atoms with Gasteiger partial charge in [0.15, 0.2) is 17.3 Å². The predicted molar refractivity (Wildman–Crippen MR) is 147 cm³/mol. The predicted octanol–water partition coefficient (Wildman–Crippen LogP) is 5.40. The Balaban J connectivity index is 1.55. The van der Waals surface area contributed by atoms with Crippen molar-refractivity contribution >= 4 is 29.3 Å². The Kier molecular flexibility index (Phi) is 5.15. The van der Waals surface area contributed by atoms with Gasteiger partial charge in [-0.25, -0.2) is 0 Å². The van der Waals surface area contributed by atoms with E-state index in [1.807, 2.05) is 24.3 Å². The summed E-state index contributed by atoms with van der Waals surface area (Å²) in [6.45, 7) is 0. The minimum Gasteiger partial charge on any atom is -0.293 e. The van der Waals surface area contributed by atoms with Gasteiger partial charge < -0.3 is 0 Å². The normalized spacial score (nSPS) is 21.7. The van der Waals surface area contributed by atoms with Crippen molar-refractivity contribution in [1.82, 2.24) is 5.01 Å².